The van der Waals surface area contributed by atoms with Crippen molar-refractivity contribution in [2.45, 2.75) is 52.1 Å². The van der Waals surface area contributed by atoms with E-state index in [0.717, 1.165) is 12.8 Å². The van der Waals surface area contributed by atoms with Gasteiger partial charge in [0.05, 0.1) is 5.69 Å². The van der Waals surface area contributed by atoms with Crippen LogP contribution in [0.5, 0.6) is 0 Å². The minimum atomic E-state index is -0.489. The van der Waals surface area contributed by atoms with Gasteiger partial charge in [0, 0.05) is 17.1 Å². The third-order valence-electron chi connectivity index (χ3n) is 3.45. The molecular weight excluding hydrogens is 297 g/mol. The van der Waals surface area contributed by atoms with Gasteiger partial charge in [-0.15, -0.1) is 0 Å². The van der Waals surface area contributed by atoms with E-state index >= 15 is 0 Å². The van der Waals surface area contributed by atoms with E-state index in [1.54, 1.807) is 13.0 Å². The summed E-state index contributed by atoms with van der Waals surface area (Å²) >= 11 is 0. The van der Waals surface area contributed by atoms with Crippen LogP contribution in [0.3, 0.4) is 0 Å². The van der Waals surface area contributed by atoms with Crippen LogP contribution in [0.25, 0.3) is 0 Å². The molecule has 1 aliphatic carbocycles. The first kappa shape index (κ1) is 17.2. The molecule has 5 nitrogen and oxygen atoms in total. The largest absolute Gasteiger partial charge is 0.374 e. The smallest absolute Gasteiger partial charge is 0.242 e. The number of hydrogen-bond donors (Lipinski definition) is 3. The normalized spacial score (nSPS) is 15.7. The highest BCUT2D eigenvalue weighted by Gasteiger charge is 2.30. The number of carbonyl (C=O) groups excluding carboxylic acids is 2. The lowest BCUT2D eigenvalue weighted by Gasteiger charge is -2.24. The van der Waals surface area contributed by atoms with Gasteiger partial charge in [-0.25, -0.2) is 4.39 Å². The Labute approximate surface area is 136 Å². The number of benzene rings is 1. The van der Waals surface area contributed by atoms with Gasteiger partial charge in [-0.1, -0.05) is 0 Å². The van der Waals surface area contributed by atoms with Crippen LogP contribution in [0, 0.1) is 11.7 Å². The maximum absolute atomic E-state index is 13.8. The fraction of sp³-hybridized carbons (Fsp3) is 0.529. The van der Waals surface area contributed by atoms with Crippen LogP contribution in [0.2, 0.25) is 0 Å². The van der Waals surface area contributed by atoms with Crippen molar-refractivity contribution in [2.24, 2.45) is 5.92 Å². The van der Waals surface area contributed by atoms with Crippen LogP contribution in [0.15, 0.2) is 18.2 Å². The Bertz CT molecular complexity index is 606. The molecule has 1 aromatic carbocycles. The second kappa shape index (κ2) is 6.56. The summed E-state index contributed by atoms with van der Waals surface area (Å²) in [6.07, 6.45) is 1.71. The SMILES string of the molecule is C[C@H](Nc1ccc(F)c(NC(=O)C2CC2)c1)C(=O)NC(C)(C)C. The molecule has 0 saturated heterocycles. The summed E-state index contributed by atoms with van der Waals surface area (Å²) in [5.41, 5.74) is 0.392. The van der Waals surface area contributed by atoms with Crippen LogP contribution in [0.4, 0.5) is 15.8 Å². The van der Waals surface area contributed by atoms with E-state index in [9.17, 15) is 14.0 Å². The molecule has 0 heterocycles. The van der Waals surface area contributed by atoms with E-state index in [0.29, 0.717) is 5.69 Å². The molecule has 23 heavy (non-hydrogen) atoms. The van der Waals surface area contributed by atoms with Gasteiger partial charge in [0.1, 0.15) is 11.9 Å². The number of rotatable bonds is 5. The lowest BCUT2D eigenvalue weighted by Crippen LogP contribution is -2.47. The number of amides is 2. The Hall–Kier alpha value is -2.11. The molecule has 1 aromatic rings. The van der Waals surface area contributed by atoms with Gasteiger partial charge in [-0.2, -0.15) is 0 Å². The lowest BCUT2D eigenvalue weighted by molar-refractivity contribution is -0.123. The van der Waals surface area contributed by atoms with Crippen molar-refractivity contribution >= 4 is 23.2 Å². The zero-order valence-corrected chi connectivity index (χ0v) is 14.0. The van der Waals surface area contributed by atoms with Gasteiger partial charge in [-0.3, -0.25) is 9.59 Å². The highest BCUT2D eigenvalue weighted by Crippen LogP contribution is 2.31. The number of carbonyl (C=O) groups is 2. The standard InChI is InChI=1S/C17H24FN3O2/c1-10(15(22)21-17(2,3)4)19-12-7-8-13(18)14(9-12)20-16(23)11-5-6-11/h7-11,19H,5-6H2,1-4H3,(H,20,23)(H,21,22)/t10-/m0/s1. The second-order valence-corrected chi connectivity index (χ2v) is 7.06. The monoisotopic (exact) mass is 321 g/mol. The molecule has 1 fully saturated rings. The van der Waals surface area contributed by atoms with Gasteiger partial charge in [0.2, 0.25) is 11.8 Å². The molecule has 6 heteroatoms. The van der Waals surface area contributed by atoms with Gasteiger partial charge < -0.3 is 16.0 Å². The first-order valence-electron chi connectivity index (χ1n) is 7.85. The average Bonchev–Trinajstić information content (AvgIpc) is 3.25. The third kappa shape index (κ3) is 5.23. The van der Waals surface area contributed by atoms with Crippen molar-refractivity contribution in [2.75, 3.05) is 10.6 Å². The Morgan fingerprint density at radius 1 is 1.26 bits per heavy atom. The number of hydrogen-bond acceptors (Lipinski definition) is 3. The molecular formula is C17H24FN3O2. The molecule has 1 atom stereocenters. The molecule has 0 bridgehead atoms. The van der Waals surface area contributed by atoms with Crippen molar-refractivity contribution < 1.29 is 14.0 Å². The number of halogens is 1. The lowest BCUT2D eigenvalue weighted by atomic mass is 10.1. The van der Waals surface area contributed by atoms with Crippen molar-refractivity contribution in [3.63, 3.8) is 0 Å². The predicted octanol–water partition coefficient (Wildman–Crippen LogP) is 2.89. The van der Waals surface area contributed by atoms with Gasteiger partial charge in [-0.05, 0) is 58.7 Å². The maximum Gasteiger partial charge on any atom is 0.242 e. The third-order valence-corrected chi connectivity index (χ3v) is 3.45. The summed E-state index contributed by atoms with van der Waals surface area (Å²) in [6.45, 7) is 7.44. The quantitative estimate of drug-likeness (QED) is 0.781. The van der Waals surface area contributed by atoms with Crippen molar-refractivity contribution in [3.8, 4) is 0 Å². The second-order valence-electron chi connectivity index (χ2n) is 7.06. The van der Waals surface area contributed by atoms with Gasteiger partial charge in [0.25, 0.3) is 0 Å². The molecule has 0 spiro atoms. The summed E-state index contributed by atoms with van der Waals surface area (Å²) in [7, 11) is 0. The highest BCUT2D eigenvalue weighted by molar-refractivity contribution is 5.94. The molecule has 0 aromatic heterocycles. The molecule has 1 saturated carbocycles. The van der Waals surface area contributed by atoms with Crippen LogP contribution in [-0.2, 0) is 9.59 Å². The van der Waals surface area contributed by atoms with E-state index in [1.165, 1.54) is 12.1 Å². The van der Waals surface area contributed by atoms with Crippen molar-refractivity contribution in [1.82, 2.24) is 5.32 Å². The first-order valence-corrected chi connectivity index (χ1v) is 7.85. The number of anilines is 2. The summed E-state index contributed by atoms with van der Waals surface area (Å²) < 4.78 is 13.8. The summed E-state index contributed by atoms with van der Waals surface area (Å²) in [6, 6.07) is 3.85. The minimum Gasteiger partial charge on any atom is -0.374 e. The van der Waals surface area contributed by atoms with Crippen LogP contribution in [-0.4, -0.2) is 23.4 Å². The van der Waals surface area contributed by atoms with E-state index < -0.39 is 11.9 Å². The Morgan fingerprint density at radius 2 is 1.91 bits per heavy atom. The minimum absolute atomic E-state index is 0.00232. The zero-order chi connectivity index (χ0) is 17.2. The molecule has 2 amide bonds. The first-order chi connectivity index (χ1) is 10.7. The van der Waals surface area contributed by atoms with E-state index in [-0.39, 0.29) is 29.0 Å². The average molecular weight is 321 g/mol. The van der Waals surface area contributed by atoms with E-state index in [2.05, 4.69) is 16.0 Å². The molecule has 1 aliphatic rings. The summed E-state index contributed by atoms with van der Waals surface area (Å²) in [5.74, 6) is -0.788. The molecule has 0 radical (unpaired) electrons. The molecule has 0 aliphatic heterocycles. The van der Waals surface area contributed by atoms with Crippen LogP contribution < -0.4 is 16.0 Å². The van der Waals surface area contributed by atoms with Crippen molar-refractivity contribution in [3.05, 3.63) is 24.0 Å². The molecule has 2 rings (SSSR count). The van der Waals surface area contributed by atoms with E-state index in [1.807, 2.05) is 20.8 Å². The van der Waals surface area contributed by atoms with Gasteiger partial charge >= 0.3 is 0 Å². The van der Waals surface area contributed by atoms with Crippen LogP contribution >= 0.6 is 0 Å². The fourth-order valence-electron chi connectivity index (χ4n) is 2.08. The summed E-state index contributed by atoms with van der Waals surface area (Å²) in [4.78, 5) is 23.8. The Balaban J connectivity index is 2.02. The number of nitrogens with one attached hydrogen (secondary N) is 3. The molecule has 126 valence electrons. The predicted molar refractivity (Wildman–Crippen MR) is 88.7 cm³/mol. The Morgan fingerprint density at radius 3 is 2.48 bits per heavy atom. The Kier molecular flexibility index (Phi) is 4.92. The highest BCUT2D eigenvalue weighted by atomic mass is 19.1. The topological polar surface area (TPSA) is 70.2 Å². The van der Waals surface area contributed by atoms with Crippen LogP contribution in [0.1, 0.15) is 40.5 Å². The summed E-state index contributed by atoms with van der Waals surface area (Å²) in [5, 5.41) is 8.49. The maximum atomic E-state index is 13.8. The van der Waals surface area contributed by atoms with E-state index in [4.69, 9.17) is 0 Å². The van der Waals surface area contributed by atoms with Crippen molar-refractivity contribution in [1.29, 1.82) is 0 Å². The molecule has 0 unspecified atom stereocenters. The molecule has 3 N–H and O–H groups in total. The zero-order valence-electron chi connectivity index (χ0n) is 14.0. The van der Waals surface area contributed by atoms with Gasteiger partial charge in [0.15, 0.2) is 0 Å². The fourth-order valence-corrected chi connectivity index (χ4v) is 2.08.